The molecule has 2 aliphatic heterocycles. The van der Waals surface area contributed by atoms with Gasteiger partial charge in [-0.2, -0.15) is 0 Å². The topological polar surface area (TPSA) is 19.4 Å². The van der Waals surface area contributed by atoms with Crippen LogP contribution in [0.5, 0.6) is 0 Å². The molecule has 7 aromatic rings. The van der Waals surface area contributed by atoms with E-state index >= 15 is 0 Å². The van der Waals surface area contributed by atoms with E-state index in [4.69, 9.17) is 4.98 Å². The minimum Gasteiger partial charge on any atom is -0.296 e. The van der Waals surface area contributed by atoms with Crippen molar-refractivity contribution in [2.75, 3.05) is 9.80 Å². The van der Waals surface area contributed by atoms with Crippen molar-refractivity contribution in [1.29, 1.82) is 0 Å². The standard InChI is InChI=1S/C57H60BN3/c1-53(2,3)38-23-27-41(28-24-38)61-49-29-25-39(54(4,5)6)31-48(49)58-47-33-44-43(55(7,8)35-56(44,9)10)32-45(47)57(11,12)46-34-50(59-52(61)51(46)58)60(40-20-14-13-15-21-40)42-26-22-36-18-16-17-19-37(36)30-42/h13-34H,35H2,1-12H3. The van der Waals surface area contributed by atoms with E-state index in [0.29, 0.717) is 0 Å². The van der Waals surface area contributed by atoms with Gasteiger partial charge in [0.25, 0.3) is 0 Å². The van der Waals surface area contributed by atoms with Gasteiger partial charge >= 0.3 is 0 Å². The van der Waals surface area contributed by atoms with Gasteiger partial charge in [0, 0.05) is 28.2 Å². The second-order valence-corrected chi connectivity index (χ2v) is 22.1. The first-order chi connectivity index (χ1) is 28.7. The summed E-state index contributed by atoms with van der Waals surface area (Å²) in [6, 6.07) is 50.5. The fourth-order valence-corrected chi connectivity index (χ4v) is 11.3. The Hall–Kier alpha value is -5.61. The third-order valence-corrected chi connectivity index (χ3v) is 14.4. The average Bonchev–Trinajstić information content (AvgIpc) is 3.40. The molecular weight excluding hydrogens is 737 g/mol. The molecule has 0 saturated carbocycles. The number of para-hydroxylation sites is 1. The van der Waals surface area contributed by atoms with Crippen molar-refractivity contribution in [3.8, 4) is 0 Å². The minimum atomic E-state index is -0.321. The highest BCUT2D eigenvalue weighted by Gasteiger charge is 2.51. The highest BCUT2D eigenvalue weighted by atomic mass is 15.3. The Morgan fingerprint density at radius 3 is 1.84 bits per heavy atom. The van der Waals surface area contributed by atoms with Gasteiger partial charge in [0.15, 0.2) is 0 Å². The number of hydrogen-bond donors (Lipinski definition) is 0. The maximum absolute atomic E-state index is 5.95. The summed E-state index contributed by atoms with van der Waals surface area (Å²) in [5.74, 6) is 1.93. The van der Waals surface area contributed by atoms with Crippen LogP contribution < -0.4 is 26.2 Å². The van der Waals surface area contributed by atoms with Crippen LogP contribution in [0, 0.1) is 0 Å². The van der Waals surface area contributed by atoms with Gasteiger partial charge in [-0.3, -0.25) is 9.80 Å². The molecule has 10 rings (SSSR count). The van der Waals surface area contributed by atoms with E-state index in [9.17, 15) is 0 Å². The lowest BCUT2D eigenvalue weighted by molar-refractivity contribution is 0.403. The van der Waals surface area contributed by atoms with E-state index in [1.54, 1.807) is 0 Å². The number of fused-ring (bicyclic) bond motifs is 6. The van der Waals surface area contributed by atoms with E-state index in [0.717, 1.165) is 35.1 Å². The van der Waals surface area contributed by atoms with Gasteiger partial charge in [0.05, 0.1) is 0 Å². The fraction of sp³-hybridized carbons (Fsp3) is 0.316. The molecule has 6 aromatic carbocycles. The van der Waals surface area contributed by atoms with Crippen LogP contribution in [0.3, 0.4) is 0 Å². The number of nitrogens with zero attached hydrogens (tertiary/aromatic N) is 3. The molecule has 1 aliphatic carbocycles. The zero-order valence-corrected chi connectivity index (χ0v) is 38.3. The van der Waals surface area contributed by atoms with Crippen molar-refractivity contribution in [2.24, 2.45) is 0 Å². The van der Waals surface area contributed by atoms with Crippen molar-refractivity contribution in [3.63, 3.8) is 0 Å². The van der Waals surface area contributed by atoms with Gasteiger partial charge in [0.1, 0.15) is 11.6 Å². The molecule has 3 aliphatic rings. The third kappa shape index (κ3) is 6.18. The highest BCUT2D eigenvalue weighted by Crippen LogP contribution is 2.52. The van der Waals surface area contributed by atoms with Crippen molar-refractivity contribution in [2.45, 2.75) is 117 Å². The SMILES string of the molecule is CC(C)(C)c1ccc(N2c3ccc(C(C)(C)C)cc3B3c4cc5c(cc4C(C)(C)c4cc(N(c6ccccc6)c6ccc7ccccc7c6)nc2c43)C(C)(C)CC5(C)C)cc1. The van der Waals surface area contributed by atoms with Crippen molar-refractivity contribution in [1.82, 2.24) is 4.98 Å². The first-order valence-corrected chi connectivity index (χ1v) is 22.4. The lowest BCUT2D eigenvalue weighted by Gasteiger charge is -2.46. The molecule has 0 fully saturated rings. The van der Waals surface area contributed by atoms with Crippen LogP contribution >= 0.6 is 0 Å². The zero-order chi connectivity index (χ0) is 43.0. The fourth-order valence-electron chi connectivity index (χ4n) is 11.3. The van der Waals surface area contributed by atoms with Crippen LogP contribution in [0.25, 0.3) is 10.8 Å². The Morgan fingerprint density at radius 2 is 1.16 bits per heavy atom. The molecule has 0 atom stereocenters. The molecular formula is C57H60BN3. The number of hydrogen-bond acceptors (Lipinski definition) is 3. The molecule has 3 heterocycles. The largest absolute Gasteiger partial charge is 0.296 e. The van der Waals surface area contributed by atoms with Gasteiger partial charge in [-0.1, -0.05) is 173 Å². The summed E-state index contributed by atoms with van der Waals surface area (Å²) in [4.78, 5) is 10.8. The maximum atomic E-state index is 5.95. The number of anilines is 6. The quantitative estimate of drug-likeness (QED) is 0.165. The van der Waals surface area contributed by atoms with E-state index in [1.165, 1.54) is 66.2 Å². The zero-order valence-electron chi connectivity index (χ0n) is 38.3. The molecule has 3 nitrogen and oxygen atoms in total. The lowest BCUT2D eigenvalue weighted by atomic mass is 9.30. The van der Waals surface area contributed by atoms with E-state index in [-0.39, 0.29) is 33.8 Å². The second kappa shape index (κ2) is 13.2. The normalized spacial score (nSPS) is 16.8. The second-order valence-electron chi connectivity index (χ2n) is 22.1. The van der Waals surface area contributed by atoms with E-state index in [1.807, 2.05) is 0 Å². The summed E-state index contributed by atoms with van der Waals surface area (Å²) in [7, 11) is 0. The van der Waals surface area contributed by atoms with Gasteiger partial charge in [0.2, 0.25) is 6.71 Å². The number of rotatable bonds is 4. The molecule has 1 aromatic heterocycles. The Labute approximate surface area is 365 Å². The molecule has 306 valence electrons. The van der Waals surface area contributed by atoms with Gasteiger partial charge < -0.3 is 0 Å². The summed E-state index contributed by atoms with van der Waals surface area (Å²) >= 11 is 0. The molecule has 0 amide bonds. The molecule has 0 spiro atoms. The molecule has 0 unspecified atom stereocenters. The minimum absolute atomic E-state index is 0.0177. The predicted octanol–water partition coefficient (Wildman–Crippen LogP) is 13.2. The summed E-state index contributed by atoms with van der Waals surface area (Å²) in [5.41, 5.74) is 16.9. The summed E-state index contributed by atoms with van der Waals surface area (Å²) < 4.78 is 0. The first-order valence-electron chi connectivity index (χ1n) is 22.4. The molecule has 0 bridgehead atoms. The molecule has 0 radical (unpaired) electrons. The van der Waals surface area contributed by atoms with Crippen LogP contribution in [0.1, 0.15) is 123 Å². The average molecular weight is 798 g/mol. The first kappa shape index (κ1) is 39.5. The monoisotopic (exact) mass is 797 g/mol. The van der Waals surface area contributed by atoms with Crippen LogP contribution in [0.4, 0.5) is 34.4 Å². The summed E-state index contributed by atoms with van der Waals surface area (Å²) in [5, 5.41) is 2.43. The van der Waals surface area contributed by atoms with Gasteiger partial charge in [-0.25, -0.2) is 4.98 Å². The highest BCUT2D eigenvalue weighted by molar-refractivity contribution is 6.99. The van der Waals surface area contributed by atoms with E-state index < -0.39 is 0 Å². The van der Waals surface area contributed by atoms with Gasteiger partial charge in [-0.05, 0) is 132 Å². The van der Waals surface area contributed by atoms with Crippen LogP contribution in [0.2, 0.25) is 0 Å². The number of aromatic nitrogens is 1. The molecule has 0 saturated heterocycles. The van der Waals surface area contributed by atoms with Crippen molar-refractivity contribution < 1.29 is 0 Å². The summed E-state index contributed by atoms with van der Waals surface area (Å²) in [6.45, 7) is 28.7. The summed E-state index contributed by atoms with van der Waals surface area (Å²) in [6.07, 6.45) is 1.13. The van der Waals surface area contributed by atoms with Gasteiger partial charge in [-0.15, -0.1) is 0 Å². The van der Waals surface area contributed by atoms with Crippen LogP contribution in [0.15, 0.2) is 133 Å². The Morgan fingerprint density at radius 1 is 0.541 bits per heavy atom. The van der Waals surface area contributed by atoms with Crippen LogP contribution in [-0.4, -0.2) is 11.7 Å². The smallest absolute Gasteiger partial charge is 0.249 e. The molecule has 61 heavy (non-hydrogen) atoms. The van der Waals surface area contributed by atoms with E-state index in [2.05, 4.69) is 226 Å². The maximum Gasteiger partial charge on any atom is 0.249 e. The third-order valence-electron chi connectivity index (χ3n) is 14.4. The predicted molar refractivity (Wildman–Crippen MR) is 262 cm³/mol. The number of benzene rings is 6. The Balaban J connectivity index is 1.32. The lowest BCUT2D eigenvalue weighted by Crippen LogP contribution is -2.64. The molecule has 0 N–H and O–H groups in total. The Bertz CT molecular complexity index is 2890. The van der Waals surface area contributed by atoms with Crippen molar-refractivity contribution in [3.05, 3.63) is 167 Å². The Kier molecular flexibility index (Phi) is 8.55. The molecule has 4 heteroatoms. The number of pyridine rings is 1. The van der Waals surface area contributed by atoms with Crippen LogP contribution in [-0.2, 0) is 27.1 Å². The van der Waals surface area contributed by atoms with Crippen molar-refractivity contribution >= 4 is 68.3 Å².